The second kappa shape index (κ2) is 12.5. The molecule has 4 rings (SSSR count). The highest BCUT2D eigenvalue weighted by atomic mass is 35.5. The second-order valence-electron chi connectivity index (χ2n) is 9.13. The number of nitrogens with one attached hydrogen (secondary N) is 2. The minimum Gasteiger partial charge on any atom is -0.497 e. The Balaban J connectivity index is 1.43. The zero-order valence-electron chi connectivity index (χ0n) is 20.5. The molecule has 3 aromatic rings. The SMILES string of the molecule is COc1ccc(C(=O)NC(CC2CCC(NC(=O)c3ccccc3)CC2)=Nc2cc(F)cc(Cl)c2)cc1. The Bertz CT molecular complexity index is 1240. The number of carbonyl (C=O) groups excluding carboxylic acids is 2. The van der Waals surface area contributed by atoms with Crippen molar-refractivity contribution in [2.24, 2.45) is 10.9 Å². The summed E-state index contributed by atoms with van der Waals surface area (Å²) in [7, 11) is 1.56. The van der Waals surface area contributed by atoms with Crippen LogP contribution in [0.15, 0.2) is 77.8 Å². The van der Waals surface area contributed by atoms with E-state index in [0.29, 0.717) is 34.8 Å². The van der Waals surface area contributed by atoms with Crippen molar-refractivity contribution in [1.82, 2.24) is 10.6 Å². The first-order valence-corrected chi connectivity index (χ1v) is 12.6. The monoisotopic (exact) mass is 521 g/mol. The van der Waals surface area contributed by atoms with Gasteiger partial charge in [-0.25, -0.2) is 9.38 Å². The van der Waals surface area contributed by atoms with Crippen molar-refractivity contribution < 1.29 is 18.7 Å². The smallest absolute Gasteiger partial charge is 0.256 e. The molecule has 0 atom stereocenters. The minimum absolute atomic E-state index is 0.0685. The van der Waals surface area contributed by atoms with E-state index in [1.165, 1.54) is 12.1 Å². The third-order valence-electron chi connectivity index (χ3n) is 6.42. The number of methoxy groups -OCH3 is 1. The molecule has 0 unspecified atom stereocenters. The molecule has 0 saturated heterocycles. The summed E-state index contributed by atoms with van der Waals surface area (Å²) < 4.78 is 19.1. The van der Waals surface area contributed by atoms with E-state index in [1.807, 2.05) is 18.2 Å². The minimum atomic E-state index is -0.498. The van der Waals surface area contributed by atoms with E-state index in [4.69, 9.17) is 16.3 Å². The summed E-state index contributed by atoms with van der Waals surface area (Å²) in [6.45, 7) is 0. The van der Waals surface area contributed by atoms with Crippen LogP contribution in [-0.2, 0) is 0 Å². The van der Waals surface area contributed by atoms with Crippen LogP contribution < -0.4 is 15.4 Å². The molecule has 3 aromatic carbocycles. The topological polar surface area (TPSA) is 79.8 Å². The van der Waals surface area contributed by atoms with Crippen molar-refractivity contribution in [2.45, 2.75) is 38.1 Å². The molecule has 0 spiro atoms. The van der Waals surface area contributed by atoms with Gasteiger partial charge in [0, 0.05) is 28.6 Å². The van der Waals surface area contributed by atoms with E-state index in [9.17, 15) is 14.0 Å². The Labute approximate surface area is 220 Å². The number of amides is 2. The lowest BCUT2D eigenvalue weighted by molar-refractivity contribution is 0.0919. The van der Waals surface area contributed by atoms with Gasteiger partial charge in [-0.05, 0) is 86.2 Å². The molecular weight excluding hydrogens is 493 g/mol. The number of nitrogens with zero attached hydrogens (tertiary/aromatic N) is 1. The van der Waals surface area contributed by atoms with Gasteiger partial charge in [0.05, 0.1) is 12.8 Å². The number of aliphatic imine (C=N–C) groups is 1. The molecule has 192 valence electrons. The second-order valence-corrected chi connectivity index (χ2v) is 9.57. The van der Waals surface area contributed by atoms with Crippen molar-refractivity contribution in [3.63, 3.8) is 0 Å². The molecule has 0 aliphatic heterocycles. The summed E-state index contributed by atoms with van der Waals surface area (Å²) in [5.41, 5.74) is 1.44. The van der Waals surface area contributed by atoms with Gasteiger partial charge in [-0.3, -0.25) is 9.59 Å². The average molecular weight is 522 g/mol. The fourth-order valence-electron chi connectivity index (χ4n) is 4.47. The molecule has 8 heteroatoms. The van der Waals surface area contributed by atoms with Crippen molar-refractivity contribution in [3.05, 3.63) is 94.8 Å². The van der Waals surface area contributed by atoms with Gasteiger partial charge in [-0.1, -0.05) is 29.8 Å². The summed E-state index contributed by atoms with van der Waals surface area (Å²) in [5, 5.41) is 6.26. The molecule has 37 heavy (non-hydrogen) atoms. The molecule has 0 aromatic heterocycles. The highest BCUT2D eigenvalue weighted by molar-refractivity contribution is 6.30. The van der Waals surface area contributed by atoms with Crippen LogP contribution in [-0.4, -0.2) is 30.8 Å². The van der Waals surface area contributed by atoms with E-state index in [-0.39, 0.29) is 28.8 Å². The van der Waals surface area contributed by atoms with Gasteiger partial charge >= 0.3 is 0 Å². The molecule has 1 aliphatic carbocycles. The van der Waals surface area contributed by atoms with Crippen molar-refractivity contribution in [3.8, 4) is 5.75 Å². The van der Waals surface area contributed by atoms with Gasteiger partial charge in [0.2, 0.25) is 0 Å². The van der Waals surface area contributed by atoms with Crippen molar-refractivity contribution >= 4 is 34.9 Å². The lowest BCUT2D eigenvalue weighted by atomic mass is 9.83. The number of benzene rings is 3. The van der Waals surface area contributed by atoms with E-state index >= 15 is 0 Å². The van der Waals surface area contributed by atoms with Crippen LogP contribution in [0.5, 0.6) is 5.75 Å². The normalized spacial score (nSPS) is 17.6. The largest absolute Gasteiger partial charge is 0.497 e. The maximum Gasteiger partial charge on any atom is 0.256 e. The Hall–Kier alpha value is -3.71. The first-order valence-electron chi connectivity index (χ1n) is 12.2. The van der Waals surface area contributed by atoms with Crippen LogP contribution in [0.4, 0.5) is 10.1 Å². The third kappa shape index (κ3) is 7.64. The summed E-state index contributed by atoms with van der Waals surface area (Å²) >= 11 is 6.01. The molecule has 2 amide bonds. The van der Waals surface area contributed by atoms with Gasteiger partial charge in [-0.15, -0.1) is 0 Å². The van der Waals surface area contributed by atoms with Crippen molar-refractivity contribution in [2.75, 3.05) is 7.11 Å². The van der Waals surface area contributed by atoms with Crippen molar-refractivity contribution in [1.29, 1.82) is 0 Å². The van der Waals surface area contributed by atoms with E-state index in [2.05, 4.69) is 15.6 Å². The maximum absolute atomic E-state index is 13.9. The molecule has 6 nitrogen and oxygen atoms in total. The van der Waals surface area contributed by atoms with Crippen LogP contribution >= 0.6 is 11.6 Å². The van der Waals surface area contributed by atoms with E-state index in [0.717, 1.165) is 25.7 Å². The van der Waals surface area contributed by atoms with Crippen LogP contribution in [0.3, 0.4) is 0 Å². The van der Waals surface area contributed by atoms with Gasteiger partial charge in [-0.2, -0.15) is 0 Å². The molecule has 1 aliphatic rings. The lowest BCUT2D eigenvalue weighted by Gasteiger charge is -2.29. The fraction of sp³-hybridized carbons (Fsp3) is 0.276. The lowest BCUT2D eigenvalue weighted by Crippen LogP contribution is -2.39. The number of amidine groups is 1. The maximum atomic E-state index is 13.9. The molecular formula is C29H29ClFN3O3. The Morgan fingerprint density at radius 1 is 0.946 bits per heavy atom. The molecule has 0 bridgehead atoms. The van der Waals surface area contributed by atoms with Gasteiger partial charge in [0.25, 0.3) is 11.8 Å². The van der Waals surface area contributed by atoms with Crippen LogP contribution in [0.25, 0.3) is 0 Å². The van der Waals surface area contributed by atoms with E-state index in [1.54, 1.807) is 49.6 Å². The summed E-state index contributed by atoms with van der Waals surface area (Å²) in [5.74, 6) is 0.467. The highest BCUT2D eigenvalue weighted by Crippen LogP contribution is 2.29. The van der Waals surface area contributed by atoms with Crippen LogP contribution in [0.2, 0.25) is 5.02 Å². The molecule has 0 radical (unpaired) electrons. The van der Waals surface area contributed by atoms with Crippen LogP contribution in [0.1, 0.15) is 52.8 Å². The number of hydrogen-bond acceptors (Lipinski definition) is 4. The highest BCUT2D eigenvalue weighted by Gasteiger charge is 2.25. The Morgan fingerprint density at radius 2 is 1.62 bits per heavy atom. The van der Waals surface area contributed by atoms with E-state index < -0.39 is 5.82 Å². The molecule has 1 saturated carbocycles. The predicted octanol–water partition coefficient (Wildman–Crippen LogP) is 6.33. The first-order chi connectivity index (χ1) is 17.9. The van der Waals surface area contributed by atoms with Gasteiger partial charge in [0.15, 0.2) is 0 Å². The fourth-order valence-corrected chi connectivity index (χ4v) is 4.69. The first kappa shape index (κ1) is 26.4. The predicted molar refractivity (Wildman–Crippen MR) is 143 cm³/mol. The molecule has 0 heterocycles. The summed E-state index contributed by atoms with van der Waals surface area (Å²) in [6.07, 6.45) is 3.89. The number of rotatable bonds is 7. The third-order valence-corrected chi connectivity index (χ3v) is 6.64. The Morgan fingerprint density at radius 3 is 2.27 bits per heavy atom. The van der Waals surface area contributed by atoms with Gasteiger partial charge in [0.1, 0.15) is 17.4 Å². The summed E-state index contributed by atoms with van der Waals surface area (Å²) in [6, 6.07) is 20.1. The number of carbonyl (C=O) groups is 2. The standard InChI is InChI=1S/C29H29ClFN3O3/c1-37-26-13-9-21(10-14-26)29(36)34-27(32-25-17-22(30)16-23(31)18-25)15-19-7-11-24(12-8-19)33-28(35)20-5-3-2-4-6-20/h2-6,9-10,13-14,16-19,24H,7-8,11-12,15H2,1H3,(H,33,35)(H,32,34,36). The summed E-state index contributed by atoms with van der Waals surface area (Å²) in [4.78, 5) is 30.0. The Kier molecular flexibility index (Phi) is 8.90. The quantitative estimate of drug-likeness (QED) is 0.282. The van der Waals surface area contributed by atoms with Gasteiger partial charge < -0.3 is 15.4 Å². The molecule has 1 fully saturated rings. The number of ether oxygens (including phenoxy) is 1. The molecule has 2 N–H and O–H groups in total. The average Bonchev–Trinajstić information content (AvgIpc) is 2.89. The number of halogens is 2. The number of hydrogen-bond donors (Lipinski definition) is 2. The van der Waals surface area contributed by atoms with Crippen LogP contribution in [0, 0.1) is 11.7 Å². The zero-order valence-corrected chi connectivity index (χ0v) is 21.3. The zero-order chi connectivity index (χ0) is 26.2.